The van der Waals surface area contributed by atoms with Crippen LogP contribution >= 0.6 is 22.9 Å². The van der Waals surface area contributed by atoms with Crippen molar-refractivity contribution in [3.63, 3.8) is 0 Å². The van der Waals surface area contributed by atoms with Crippen LogP contribution in [-0.2, 0) is 12.8 Å². The van der Waals surface area contributed by atoms with Crippen LogP contribution in [0.15, 0.2) is 12.1 Å². The smallest absolute Gasteiger partial charge is 0.0965 e. The maximum atomic E-state index is 10.1. The molecule has 2 aromatic heterocycles. The zero-order valence-electron chi connectivity index (χ0n) is 9.30. The van der Waals surface area contributed by atoms with Gasteiger partial charge in [0.05, 0.1) is 16.7 Å². The summed E-state index contributed by atoms with van der Waals surface area (Å²) in [5.41, 5.74) is 0.838. The Hall–Kier alpha value is -0.780. The highest BCUT2D eigenvalue weighted by molar-refractivity contribution is 7.12. The maximum absolute atomic E-state index is 10.1. The van der Waals surface area contributed by atoms with Crippen LogP contribution in [-0.4, -0.2) is 14.7 Å². The van der Waals surface area contributed by atoms with Gasteiger partial charge in [-0.25, -0.2) is 0 Å². The molecule has 0 saturated heterocycles. The van der Waals surface area contributed by atoms with E-state index in [1.807, 2.05) is 6.92 Å². The summed E-state index contributed by atoms with van der Waals surface area (Å²) in [5, 5.41) is 14.0. The number of thiophene rings is 1. The second-order valence-corrected chi connectivity index (χ2v) is 5.70. The molecule has 16 heavy (non-hydrogen) atoms. The zero-order valence-corrected chi connectivity index (χ0v) is 10.9. The third kappa shape index (κ3) is 2.48. The van der Waals surface area contributed by atoms with E-state index in [2.05, 4.69) is 28.6 Å². The molecule has 0 saturated carbocycles. The average Bonchev–Trinajstić information content (AvgIpc) is 2.86. The molecule has 0 spiro atoms. The van der Waals surface area contributed by atoms with Crippen molar-refractivity contribution in [2.75, 3.05) is 0 Å². The molecular formula is C11H14N2OS2. The molecule has 0 bridgehead atoms. The van der Waals surface area contributed by atoms with E-state index in [0.717, 1.165) is 17.0 Å². The van der Waals surface area contributed by atoms with Crippen molar-refractivity contribution in [2.24, 2.45) is 0 Å². The summed E-state index contributed by atoms with van der Waals surface area (Å²) >= 11 is 3.05. The van der Waals surface area contributed by atoms with Gasteiger partial charge < -0.3 is 5.11 Å². The minimum absolute atomic E-state index is 0.469. The number of aliphatic hydroxyl groups is 1. The van der Waals surface area contributed by atoms with E-state index in [0.29, 0.717) is 6.42 Å². The molecule has 1 N–H and O–H groups in total. The van der Waals surface area contributed by atoms with Crippen molar-refractivity contribution >= 4 is 22.9 Å². The van der Waals surface area contributed by atoms with Crippen molar-refractivity contribution in [3.05, 3.63) is 32.5 Å². The van der Waals surface area contributed by atoms with Crippen molar-refractivity contribution in [2.45, 2.75) is 32.8 Å². The first-order chi connectivity index (χ1) is 7.70. The largest absolute Gasteiger partial charge is 0.387 e. The van der Waals surface area contributed by atoms with Crippen molar-refractivity contribution < 1.29 is 5.11 Å². The standard InChI is InChI=1S/C11H14N2OS2/c1-3-8-4-5-9(15-8)6-10(14)11-7(2)12-13-16-11/h4-5,10,14H,3,6H2,1-2H3. The molecule has 5 heteroatoms. The minimum Gasteiger partial charge on any atom is -0.387 e. The summed E-state index contributed by atoms with van der Waals surface area (Å²) in [6, 6.07) is 4.22. The second-order valence-electron chi connectivity index (χ2n) is 3.66. The van der Waals surface area contributed by atoms with Crippen LogP contribution in [0.3, 0.4) is 0 Å². The summed E-state index contributed by atoms with van der Waals surface area (Å²) < 4.78 is 3.84. The van der Waals surface area contributed by atoms with E-state index < -0.39 is 6.10 Å². The first kappa shape index (κ1) is 11.7. The number of aliphatic hydroxyl groups excluding tert-OH is 1. The molecule has 0 aromatic carbocycles. The Bertz CT molecular complexity index is 464. The zero-order chi connectivity index (χ0) is 11.5. The third-order valence-corrected chi connectivity index (χ3v) is 4.63. The molecule has 2 aromatic rings. The van der Waals surface area contributed by atoms with E-state index in [9.17, 15) is 5.11 Å². The summed E-state index contributed by atoms with van der Waals surface area (Å²) in [4.78, 5) is 3.46. The fraction of sp³-hybridized carbons (Fsp3) is 0.455. The molecular weight excluding hydrogens is 240 g/mol. The van der Waals surface area contributed by atoms with Crippen molar-refractivity contribution in [3.8, 4) is 0 Å². The van der Waals surface area contributed by atoms with Crippen LogP contribution in [0.1, 0.15) is 33.4 Å². The fourth-order valence-electron chi connectivity index (χ4n) is 1.55. The summed E-state index contributed by atoms with van der Waals surface area (Å²) in [6.07, 6.45) is 1.25. The molecule has 1 unspecified atom stereocenters. The van der Waals surface area contributed by atoms with Gasteiger partial charge in [0.15, 0.2) is 0 Å². The summed E-state index contributed by atoms with van der Waals surface area (Å²) in [7, 11) is 0. The molecule has 86 valence electrons. The van der Waals surface area contributed by atoms with Crippen LogP contribution in [0.2, 0.25) is 0 Å². The van der Waals surface area contributed by atoms with Gasteiger partial charge in [-0.1, -0.05) is 11.4 Å². The Labute approximate surface area is 103 Å². The van der Waals surface area contributed by atoms with Crippen LogP contribution in [0.5, 0.6) is 0 Å². The lowest BCUT2D eigenvalue weighted by Gasteiger charge is -2.06. The molecule has 0 aliphatic rings. The Balaban J connectivity index is 2.07. The lowest BCUT2D eigenvalue weighted by Crippen LogP contribution is -1.99. The molecule has 0 aliphatic carbocycles. The number of hydrogen-bond acceptors (Lipinski definition) is 5. The molecule has 3 nitrogen and oxygen atoms in total. The number of rotatable bonds is 4. The van der Waals surface area contributed by atoms with Crippen LogP contribution in [0, 0.1) is 6.92 Å². The Morgan fingerprint density at radius 2 is 2.12 bits per heavy atom. The van der Waals surface area contributed by atoms with Gasteiger partial charge >= 0.3 is 0 Å². The lowest BCUT2D eigenvalue weighted by atomic mass is 10.1. The normalized spacial score (nSPS) is 12.9. The van der Waals surface area contributed by atoms with Crippen LogP contribution < -0.4 is 0 Å². The Kier molecular flexibility index (Phi) is 3.68. The first-order valence-electron chi connectivity index (χ1n) is 5.25. The van der Waals surface area contributed by atoms with Gasteiger partial charge in [-0.2, -0.15) is 0 Å². The highest BCUT2D eigenvalue weighted by atomic mass is 32.1. The second kappa shape index (κ2) is 5.03. The number of hydrogen-bond donors (Lipinski definition) is 1. The average molecular weight is 254 g/mol. The molecule has 0 aliphatic heterocycles. The topological polar surface area (TPSA) is 46.0 Å². The van der Waals surface area contributed by atoms with Crippen LogP contribution in [0.25, 0.3) is 0 Å². The number of aromatic nitrogens is 2. The SMILES string of the molecule is CCc1ccc(CC(O)c2snnc2C)s1. The predicted molar refractivity (Wildman–Crippen MR) is 67.0 cm³/mol. The summed E-state index contributed by atoms with van der Waals surface area (Å²) in [6.45, 7) is 4.03. The van der Waals surface area contributed by atoms with Crippen molar-refractivity contribution in [1.29, 1.82) is 0 Å². The fourth-order valence-corrected chi connectivity index (χ4v) is 3.17. The van der Waals surface area contributed by atoms with Gasteiger partial charge in [0, 0.05) is 16.2 Å². The Morgan fingerprint density at radius 3 is 2.69 bits per heavy atom. The van der Waals surface area contributed by atoms with Crippen LogP contribution in [0.4, 0.5) is 0 Å². The molecule has 0 fully saturated rings. The third-order valence-electron chi connectivity index (χ3n) is 2.45. The first-order valence-corrected chi connectivity index (χ1v) is 6.84. The lowest BCUT2D eigenvalue weighted by molar-refractivity contribution is 0.182. The van der Waals surface area contributed by atoms with E-state index in [-0.39, 0.29) is 0 Å². The molecule has 0 radical (unpaired) electrons. The highest BCUT2D eigenvalue weighted by Gasteiger charge is 2.15. The van der Waals surface area contributed by atoms with Gasteiger partial charge in [-0.3, -0.25) is 0 Å². The Morgan fingerprint density at radius 1 is 1.38 bits per heavy atom. The van der Waals surface area contributed by atoms with E-state index >= 15 is 0 Å². The maximum Gasteiger partial charge on any atom is 0.0965 e. The van der Waals surface area contributed by atoms with Gasteiger partial charge in [0.2, 0.25) is 0 Å². The van der Waals surface area contributed by atoms with Gasteiger partial charge in [0.25, 0.3) is 0 Å². The molecule has 2 heterocycles. The quantitative estimate of drug-likeness (QED) is 0.912. The van der Waals surface area contributed by atoms with E-state index in [1.165, 1.54) is 21.3 Å². The molecule has 1 atom stereocenters. The highest BCUT2D eigenvalue weighted by Crippen LogP contribution is 2.26. The predicted octanol–water partition coefficient (Wildman–Crippen LogP) is 2.75. The van der Waals surface area contributed by atoms with Crippen molar-refractivity contribution in [1.82, 2.24) is 9.59 Å². The minimum atomic E-state index is -0.469. The van der Waals surface area contributed by atoms with Gasteiger partial charge in [0.1, 0.15) is 0 Å². The monoisotopic (exact) mass is 254 g/mol. The van der Waals surface area contributed by atoms with E-state index in [4.69, 9.17) is 0 Å². The number of aryl methyl sites for hydroxylation is 2. The number of nitrogens with zero attached hydrogens (tertiary/aromatic N) is 2. The molecule has 0 amide bonds. The van der Waals surface area contributed by atoms with Gasteiger partial charge in [-0.05, 0) is 37.0 Å². The van der Waals surface area contributed by atoms with E-state index in [1.54, 1.807) is 11.3 Å². The van der Waals surface area contributed by atoms with Gasteiger partial charge in [-0.15, -0.1) is 16.4 Å². The molecule has 2 rings (SSSR count). The summed E-state index contributed by atoms with van der Waals surface area (Å²) in [5.74, 6) is 0.